The van der Waals surface area contributed by atoms with Crippen LogP contribution in [0.25, 0.3) is 0 Å². The van der Waals surface area contributed by atoms with E-state index < -0.39 is 15.9 Å². The Labute approximate surface area is 145 Å². The molecular formula is C16H18N4O4S. The summed E-state index contributed by atoms with van der Waals surface area (Å²) in [5, 5.41) is 5.09. The van der Waals surface area contributed by atoms with Crippen LogP contribution in [0.1, 0.15) is 17.3 Å². The highest BCUT2D eigenvalue weighted by molar-refractivity contribution is 7.92. The normalized spacial score (nSPS) is 10.8. The maximum atomic E-state index is 12.1. The monoisotopic (exact) mass is 362 g/mol. The van der Waals surface area contributed by atoms with Crippen molar-refractivity contribution >= 4 is 33.2 Å². The number of carbonyl (C=O) groups is 2. The number of rotatable bonds is 7. The molecule has 1 aromatic carbocycles. The SMILES string of the molecule is CC(=O)Nc1cccc(NS(=O)(=O)CCNC(=O)c2cccnc2)c1. The third-order valence-electron chi connectivity index (χ3n) is 3.04. The first kappa shape index (κ1) is 18.4. The molecule has 0 bridgehead atoms. The fourth-order valence-corrected chi connectivity index (χ4v) is 2.95. The molecule has 0 aliphatic carbocycles. The van der Waals surface area contributed by atoms with Gasteiger partial charge >= 0.3 is 0 Å². The first-order valence-corrected chi connectivity index (χ1v) is 9.07. The standard InChI is InChI=1S/C16H18N4O4S/c1-12(21)19-14-5-2-6-15(10-14)20-25(23,24)9-8-18-16(22)13-4-3-7-17-11-13/h2-7,10-11,20H,8-9H2,1H3,(H,18,22)(H,19,21). The molecule has 1 aromatic heterocycles. The summed E-state index contributed by atoms with van der Waals surface area (Å²) < 4.78 is 26.6. The summed E-state index contributed by atoms with van der Waals surface area (Å²) in [6.07, 6.45) is 2.94. The fourth-order valence-electron chi connectivity index (χ4n) is 1.99. The first-order valence-electron chi connectivity index (χ1n) is 7.42. The van der Waals surface area contributed by atoms with Gasteiger partial charge in [-0.05, 0) is 30.3 Å². The van der Waals surface area contributed by atoms with Gasteiger partial charge in [-0.15, -0.1) is 0 Å². The molecule has 2 aromatic rings. The molecule has 9 heteroatoms. The van der Waals surface area contributed by atoms with Crippen LogP contribution >= 0.6 is 0 Å². The molecule has 0 aliphatic rings. The van der Waals surface area contributed by atoms with Gasteiger partial charge < -0.3 is 10.6 Å². The van der Waals surface area contributed by atoms with Gasteiger partial charge in [0.25, 0.3) is 5.91 Å². The number of carbonyl (C=O) groups excluding carboxylic acids is 2. The largest absolute Gasteiger partial charge is 0.351 e. The van der Waals surface area contributed by atoms with Crippen molar-refractivity contribution in [1.29, 1.82) is 0 Å². The summed E-state index contributed by atoms with van der Waals surface area (Å²) in [7, 11) is -3.65. The molecule has 3 N–H and O–H groups in total. The molecule has 132 valence electrons. The van der Waals surface area contributed by atoms with Gasteiger partial charge in [0.1, 0.15) is 0 Å². The van der Waals surface area contributed by atoms with Crippen LogP contribution < -0.4 is 15.4 Å². The summed E-state index contributed by atoms with van der Waals surface area (Å²) in [5.74, 6) is -0.933. The molecule has 1 heterocycles. The van der Waals surface area contributed by atoms with Crippen LogP contribution in [-0.4, -0.2) is 37.5 Å². The van der Waals surface area contributed by atoms with E-state index in [0.717, 1.165) is 0 Å². The van der Waals surface area contributed by atoms with E-state index >= 15 is 0 Å². The zero-order valence-electron chi connectivity index (χ0n) is 13.5. The average molecular weight is 362 g/mol. The lowest BCUT2D eigenvalue weighted by Crippen LogP contribution is -2.31. The Balaban J connectivity index is 1.89. The van der Waals surface area contributed by atoms with Crippen molar-refractivity contribution < 1.29 is 18.0 Å². The van der Waals surface area contributed by atoms with Crippen molar-refractivity contribution in [3.63, 3.8) is 0 Å². The smallest absolute Gasteiger partial charge is 0.252 e. The number of nitrogens with one attached hydrogen (secondary N) is 3. The van der Waals surface area contributed by atoms with Crippen LogP contribution in [0.15, 0.2) is 48.8 Å². The molecule has 2 rings (SSSR count). The van der Waals surface area contributed by atoms with Gasteiger partial charge in [0.2, 0.25) is 15.9 Å². The second kappa shape index (κ2) is 8.25. The van der Waals surface area contributed by atoms with Gasteiger partial charge in [-0.25, -0.2) is 8.42 Å². The first-order chi connectivity index (χ1) is 11.9. The van der Waals surface area contributed by atoms with Gasteiger partial charge in [0, 0.05) is 31.5 Å². The molecule has 0 fully saturated rings. The van der Waals surface area contributed by atoms with Crippen molar-refractivity contribution in [2.24, 2.45) is 0 Å². The van der Waals surface area contributed by atoms with Gasteiger partial charge in [-0.3, -0.25) is 19.3 Å². The van der Waals surface area contributed by atoms with E-state index in [2.05, 4.69) is 20.3 Å². The number of nitrogens with zero attached hydrogens (tertiary/aromatic N) is 1. The average Bonchev–Trinajstić information content (AvgIpc) is 2.54. The predicted molar refractivity (Wildman–Crippen MR) is 94.7 cm³/mol. The highest BCUT2D eigenvalue weighted by atomic mass is 32.2. The van der Waals surface area contributed by atoms with Crippen LogP contribution in [0, 0.1) is 0 Å². The minimum atomic E-state index is -3.65. The fraction of sp³-hybridized carbons (Fsp3) is 0.188. The molecule has 2 amide bonds. The number of hydrogen-bond donors (Lipinski definition) is 3. The van der Waals surface area contributed by atoms with Crippen LogP contribution in [0.5, 0.6) is 0 Å². The van der Waals surface area contributed by atoms with Crippen LogP contribution in [0.2, 0.25) is 0 Å². The van der Waals surface area contributed by atoms with E-state index in [1.165, 1.54) is 19.2 Å². The molecule has 0 unspecified atom stereocenters. The third-order valence-corrected chi connectivity index (χ3v) is 4.32. The lowest BCUT2D eigenvalue weighted by atomic mass is 10.3. The molecular weight excluding hydrogens is 344 g/mol. The van der Waals surface area contributed by atoms with E-state index in [-0.39, 0.29) is 18.2 Å². The van der Waals surface area contributed by atoms with Crippen molar-refractivity contribution in [2.45, 2.75) is 6.92 Å². The summed E-state index contributed by atoms with van der Waals surface area (Å²) in [6.45, 7) is 1.32. The Morgan fingerprint density at radius 1 is 1.12 bits per heavy atom. The molecule has 0 saturated carbocycles. The molecule has 0 radical (unpaired) electrons. The number of amides is 2. The van der Waals surface area contributed by atoms with Crippen LogP contribution in [-0.2, 0) is 14.8 Å². The quantitative estimate of drug-likeness (QED) is 0.684. The number of benzene rings is 1. The molecule has 0 spiro atoms. The molecule has 0 saturated heterocycles. The third kappa shape index (κ3) is 6.22. The summed E-state index contributed by atoms with van der Waals surface area (Å²) in [4.78, 5) is 26.7. The maximum Gasteiger partial charge on any atom is 0.252 e. The van der Waals surface area contributed by atoms with Crippen molar-refractivity contribution in [1.82, 2.24) is 10.3 Å². The lowest BCUT2D eigenvalue weighted by molar-refractivity contribution is -0.114. The number of aromatic nitrogens is 1. The Morgan fingerprint density at radius 3 is 2.56 bits per heavy atom. The predicted octanol–water partition coefficient (Wildman–Crippen LogP) is 1.21. The summed E-state index contributed by atoms with van der Waals surface area (Å²) in [6, 6.07) is 9.54. The highest BCUT2D eigenvalue weighted by Crippen LogP contribution is 2.16. The number of sulfonamides is 1. The number of hydrogen-bond acceptors (Lipinski definition) is 5. The number of anilines is 2. The van der Waals surface area contributed by atoms with E-state index in [4.69, 9.17) is 0 Å². The molecule has 8 nitrogen and oxygen atoms in total. The van der Waals surface area contributed by atoms with E-state index in [0.29, 0.717) is 16.9 Å². The van der Waals surface area contributed by atoms with Crippen molar-refractivity contribution in [2.75, 3.05) is 22.3 Å². The summed E-state index contributed by atoms with van der Waals surface area (Å²) in [5.41, 5.74) is 1.17. The minimum Gasteiger partial charge on any atom is -0.351 e. The minimum absolute atomic E-state index is 0.0472. The van der Waals surface area contributed by atoms with Gasteiger partial charge in [0.05, 0.1) is 17.0 Å². The van der Waals surface area contributed by atoms with Crippen LogP contribution in [0.3, 0.4) is 0 Å². The highest BCUT2D eigenvalue weighted by Gasteiger charge is 2.12. The second-order valence-corrected chi connectivity index (χ2v) is 7.02. The topological polar surface area (TPSA) is 117 Å². The Hall–Kier alpha value is -2.94. The Morgan fingerprint density at radius 2 is 1.88 bits per heavy atom. The Kier molecular flexibility index (Phi) is 6.07. The van der Waals surface area contributed by atoms with E-state index in [9.17, 15) is 18.0 Å². The number of pyridine rings is 1. The molecule has 0 atom stereocenters. The van der Waals surface area contributed by atoms with Gasteiger partial charge in [0.15, 0.2) is 0 Å². The lowest BCUT2D eigenvalue weighted by Gasteiger charge is -2.10. The van der Waals surface area contributed by atoms with E-state index in [1.54, 1.807) is 36.5 Å². The zero-order chi connectivity index (χ0) is 18.3. The van der Waals surface area contributed by atoms with Crippen molar-refractivity contribution in [3.05, 3.63) is 54.4 Å². The van der Waals surface area contributed by atoms with E-state index in [1.807, 2.05) is 0 Å². The second-order valence-electron chi connectivity index (χ2n) is 5.18. The van der Waals surface area contributed by atoms with Gasteiger partial charge in [-0.1, -0.05) is 6.07 Å². The van der Waals surface area contributed by atoms with Crippen LogP contribution in [0.4, 0.5) is 11.4 Å². The zero-order valence-corrected chi connectivity index (χ0v) is 14.3. The van der Waals surface area contributed by atoms with Crippen molar-refractivity contribution in [3.8, 4) is 0 Å². The molecule has 25 heavy (non-hydrogen) atoms. The maximum absolute atomic E-state index is 12.1. The molecule has 0 aliphatic heterocycles. The summed E-state index contributed by atoms with van der Waals surface area (Å²) >= 11 is 0. The Bertz CT molecular complexity index is 853. The van der Waals surface area contributed by atoms with Gasteiger partial charge in [-0.2, -0.15) is 0 Å².